The fourth-order valence-electron chi connectivity index (χ4n) is 7.44. The number of rotatable bonds is 8. The summed E-state index contributed by atoms with van der Waals surface area (Å²) in [6, 6.07) is 7.48. The Morgan fingerprint density at radius 3 is 2.33 bits per heavy atom. The predicted molar refractivity (Wildman–Crippen MR) is 158 cm³/mol. The second-order valence-corrected chi connectivity index (χ2v) is 11.4. The van der Waals surface area contributed by atoms with E-state index in [2.05, 4.69) is 19.6 Å². The molecule has 4 unspecified atom stereocenters. The van der Waals surface area contributed by atoms with Gasteiger partial charge in [-0.3, -0.25) is 29.5 Å². The maximum absolute atomic E-state index is 13.8. The lowest BCUT2D eigenvalue weighted by Crippen LogP contribution is -2.66. The van der Waals surface area contributed by atoms with Crippen LogP contribution in [0.5, 0.6) is 0 Å². The maximum atomic E-state index is 13.8. The number of nitrogens with zero attached hydrogens (tertiary/aromatic N) is 5. The number of hydrogen-bond acceptors (Lipinski definition) is 8. The zero-order chi connectivity index (χ0) is 26.6. The van der Waals surface area contributed by atoms with E-state index in [9.17, 15) is 19.7 Å². The van der Waals surface area contributed by atoms with E-state index in [0.29, 0.717) is 30.8 Å². The first-order chi connectivity index (χ1) is 18.4. The minimum absolute atomic E-state index is 0. The van der Waals surface area contributed by atoms with Crippen molar-refractivity contribution in [1.29, 1.82) is 0 Å². The van der Waals surface area contributed by atoms with Gasteiger partial charge in [-0.05, 0) is 75.6 Å². The summed E-state index contributed by atoms with van der Waals surface area (Å²) in [7, 11) is 1.44. The van der Waals surface area contributed by atoms with Crippen LogP contribution in [0.1, 0.15) is 44.9 Å². The molecule has 0 aromatic heterocycles. The number of anilines is 1. The van der Waals surface area contributed by atoms with Gasteiger partial charge in [0.1, 0.15) is 0 Å². The van der Waals surface area contributed by atoms with Crippen LogP contribution in [0.25, 0.3) is 0 Å². The van der Waals surface area contributed by atoms with Gasteiger partial charge in [0.25, 0.3) is 5.69 Å². The van der Waals surface area contributed by atoms with Crippen LogP contribution < -0.4 is 4.90 Å². The van der Waals surface area contributed by atoms with Gasteiger partial charge in [0.2, 0.25) is 5.91 Å². The monoisotopic (exact) mass is 599 g/mol. The highest BCUT2D eigenvalue weighted by Gasteiger charge is 2.49. The molecule has 0 saturated carbocycles. The first kappa shape index (κ1) is 32.4. The highest BCUT2D eigenvalue weighted by molar-refractivity contribution is 5.85. The number of amides is 1. The summed E-state index contributed by atoms with van der Waals surface area (Å²) in [4.78, 5) is 45.5. The van der Waals surface area contributed by atoms with Crippen LogP contribution in [0.2, 0.25) is 0 Å². The Bertz CT molecular complexity index is 1010. The van der Waals surface area contributed by atoms with Crippen LogP contribution in [0.3, 0.4) is 0 Å². The van der Waals surface area contributed by atoms with Gasteiger partial charge >= 0.3 is 5.97 Å². The van der Waals surface area contributed by atoms with Crippen molar-refractivity contribution >= 4 is 48.1 Å². The van der Waals surface area contributed by atoms with Gasteiger partial charge < -0.3 is 14.5 Å². The summed E-state index contributed by atoms with van der Waals surface area (Å²) in [6.45, 7) is 6.77. The maximum Gasteiger partial charge on any atom is 0.305 e. The fraction of sp³-hybridized carbons (Fsp3) is 0.714. The molecule has 0 bridgehead atoms. The molecule has 40 heavy (non-hydrogen) atoms. The zero-order valence-electron chi connectivity index (χ0n) is 23.3. The molecular weight excluding hydrogens is 557 g/mol. The number of piperidine rings is 3. The highest BCUT2D eigenvalue weighted by atomic mass is 35.5. The number of esters is 1. The Morgan fingerprint density at radius 1 is 1.00 bits per heavy atom. The van der Waals surface area contributed by atoms with Crippen molar-refractivity contribution in [2.24, 2.45) is 11.8 Å². The fourth-order valence-corrected chi connectivity index (χ4v) is 7.44. The molecule has 12 heteroatoms. The first-order valence-corrected chi connectivity index (χ1v) is 14.3. The number of likely N-dealkylation sites (tertiary alicyclic amines) is 1. The summed E-state index contributed by atoms with van der Waals surface area (Å²) >= 11 is 0. The van der Waals surface area contributed by atoms with Crippen LogP contribution in [-0.2, 0) is 14.3 Å². The molecule has 0 N–H and O–H groups in total. The molecule has 0 radical (unpaired) electrons. The lowest BCUT2D eigenvalue weighted by molar-refractivity contribution is -0.384. The first-order valence-electron chi connectivity index (χ1n) is 14.3. The molecule has 4 fully saturated rings. The summed E-state index contributed by atoms with van der Waals surface area (Å²) in [5.41, 5.74) is 1.08. The molecule has 4 aliphatic rings. The summed E-state index contributed by atoms with van der Waals surface area (Å²) in [5, 5.41) is 11.0. The average Bonchev–Trinajstić information content (AvgIpc) is 2.94. The van der Waals surface area contributed by atoms with E-state index in [0.717, 1.165) is 57.7 Å². The molecule has 0 spiro atoms. The minimum atomic E-state index is -0.378. The topological polar surface area (TPSA) is 99.5 Å². The number of carbonyl (C=O) groups is 2. The molecule has 4 heterocycles. The quantitative estimate of drug-likeness (QED) is 0.254. The molecule has 1 aromatic carbocycles. The molecule has 1 aromatic rings. The van der Waals surface area contributed by atoms with Gasteiger partial charge in [-0.15, -0.1) is 24.8 Å². The Balaban J connectivity index is 0.00000220. The normalized spacial score (nSPS) is 26.6. The Morgan fingerprint density at radius 2 is 1.68 bits per heavy atom. The number of piperazine rings is 1. The number of ether oxygens (including phenoxy) is 1. The van der Waals surface area contributed by atoms with Gasteiger partial charge in [-0.2, -0.15) is 0 Å². The third-order valence-corrected chi connectivity index (χ3v) is 9.26. The Labute approximate surface area is 249 Å². The van der Waals surface area contributed by atoms with Crippen LogP contribution >= 0.6 is 24.8 Å². The smallest absolute Gasteiger partial charge is 0.305 e. The lowest BCUT2D eigenvalue weighted by atomic mass is 9.69. The molecule has 10 nitrogen and oxygen atoms in total. The van der Waals surface area contributed by atoms with E-state index in [1.807, 2.05) is 0 Å². The number of non-ortho nitro benzene ring substituents is 1. The van der Waals surface area contributed by atoms with Crippen molar-refractivity contribution in [1.82, 2.24) is 14.7 Å². The average molecular weight is 601 g/mol. The van der Waals surface area contributed by atoms with Crippen molar-refractivity contribution in [2.45, 2.75) is 57.0 Å². The molecule has 1 amide bonds. The summed E-state index contributed by atoms with van der Waals surface area (Å²) in [5.74, 6) is 1.08. The van der Waals surface area contributed by atoms with Gasteiger partial charge in [0.05, 0.1) is 18.6 Å². The lowest BCUT2D eigenvalue weighted by Gasteiger charge is -2.57. The number of halogens is 2. The van der Waals surface area contributed by atoms with Crippen LogP contribution in [0.15, 0.2) is 24.3 Å². The number of benzene rings is 1. The van der Waals surface area contributed by atoms with Gasteiger partial charge in [-0.1, -0.05) is 0 Å². The van der Waals surface area contributed by atoms with Crippen molar-refractivity contribution < 1.29 is 19.2 Å². The number of carbonyl (C=O) groups excluding carboxylic acids is 2. The molecule has 4 atom stereocenters. The van der Waals surface area contributed by atoms with Crippen molar-refractivity contribution in [3.63, 3.8) is 0 Å². The van der Waals surface area contributed by atoms with Crippen molar-refractivity contribution in [3.05, 3.63) is 34.4 Å². The molecule has 5 rings (SSSR count). The van der Waals surface area contributed by atoms with E-state index in [4.69, 9.17) is 4.74 Å². The van der Waals surface area contributed by atoms with Crippen molar-refractivity contribution in [2.75, 3.05) is 64.4 Å². The van der Waals surface area contributed by atoms with Gasteiger partial charge in [0, 0.05) is 69.0 Å². The van der Waals surface area contributed by atoms with E-state index in [1.54, 1.807) is 24.3 Å². The molecule has 224 valence electrons. The second-order valence-electron chi connectivity index (χ2n) is 11.4. The van der Waals surface area contributed by atoms with Crippen molar-refractivity contribution in [3.8, 4) is 0 Å². The van der Waals surface area contributed by atoms with Gasteiger partial charge in [0.15, 0.2) is 0 Å². The number of nitro groups is 1. The third-order valence-electron chi connectivity index (χ3n) is 9.26. The molecular formula is C28H43Cl2N5O5. The van der Waals surface area contributed by atoms with E-state index >= 15 is 0 Å². The molecule has 0 aliphatic carbocycles. The standard InChI is InChI=1S/C28H41N5O5.2ClH/c1-38-27(35)8-2-7-25-24-6-4-14-31-13-3-5-21(28(24)31)19-32(25)26(34)20-29-15-17-30(18-16-29)22-9-11-23(12-10-22)33(36)37;;/h9-12,21,24-25,28H,2-8,13-20H2,1H3;2*1H. The van der Waals surface area contributed by atoms with Gasteiger partial charge in [-0.25, -0.2) is 0 Å². The van der Waals surface area contributed by atoms with E-state index in [1.165, 1.54) is 39.5 Å². The van der Waals surface area contributed by atoms with Crippen LogP contribution in [0.4, 0.5) is 11.4 Å². The highest BCUT2D eigenvalue weighted by Crippen LogP contribution is 2.43. The third kappa shape index (κ3) is 7.19. The van der Waals surface area contributed by atoms with E-state index < -0.39 is 0 Å². The summed E-state index contributed by atoms with van der Waals surface area (Å²) in [6.07, 6.45) is 6.79. The zero-order valence-corrected chi connectivity index (χ0v) is 25.0. The Hall–Kier alpha value is -2.14. The second kappa shape index (κ2) is 14.7. The Kier molecular flexibility index (Phi) is 11.9. The van der Waals surface area contributed by atoms with E-state index in [-0.39, 0.29) is 53.3 Å². The number of nitro benzene ring substituents is 1. The number of hydrogen-bond donors (Lipinski definition) is 0. The minimum Gasteiger partial charge on any atom is -0.469 e. The van der Waals surface area contributed by atoms with Crippen LogP contribution in [-0.4, -0.2) is 103 Å². The predicted octanol–water partition coefficient (Wildman–Crippen LogP) is 3.61. The van der Waals surface area contributed by atoms with Crippen LogP contribution in [0, 0.1) is 22.0 Å². The SMILES string of the molecule is COC(=O)CCCC1C2CCCN3CCCC(CN1C(=O)CN1CCN(c4ccc([N+](=O)[O-])cc4)CC1)C23.Cl.Cl. The number of methoxy groups -OCH3 is 1. The molecule has 4 saturated heterocycles. The largest absolute Gasteiger partial charge is 0.469 e. The molecule has 4 aliphatic heterocycles. The summed E-state index contributed by atoms with van der Waals surface area (Å²) < 4.78 is 4.87.